The minimum absolute atomic E-state index is 0.168. The predicted octanol–water partition coefficient (Wildman–Crippen LogP) is 2.56. The standard InChI is InChI=1S/C14H17F3N2O2/c1-21-8-7-19(6-2-5-18)12-4-3-11(10-20)13(9-12)14(15,16)17/h3-4,9,20H,2,6-8,10H2,1H3. The molecular formula is C14H17F3N2O2. The van der Waals surface area contributed by atoms with Crippen LogP contribution in [0.3, 0.4) is 0 Å². The molecule has 1 N–H and O–H groups in total. The molecule has 21 heavy (non-hydrogen) atoms. The van der Waals surface area contributed by atoms with Gasteiger partial charge in [-0.05, 0) is 17.7 Å². The van der Waals surface area contributed by atoms with Crippen molar-refractivity contribution < 1.29 is 23.0 Å². The number of nitriles is 1. The van der Waals surface area contributed by atoms with Crippen LogP contribution in [0, 0.1) is 11.3 Å². The Balaban J connectivity index is 3.10. The van der Waals surface area contributed by atoms with E-state index < -0.39 is 18.3 Å². The summed E-state index contributed by atoms with van der Waals surface area (Å²) in [5, 5.41) is 17.6. The van der Waals surface area contributed by atoms with E-state index in [-0.39, 0.29) is 12.0 Å². The molecule has 0 saturated carbocycles. The first-order chi connectivity index (χ1) is 9.93. The lowest BCUT2D eigenvalue weighted by Crippen LogP contribution is -2.28. The Morgan fingerprint density at radius 1 is 1.33 bits per heavy atom. The number of aliphatic hydroxyl groups is 1. The molecule has 0 aromatic heterocycles. The smallest absolute Gasteiger partial charge is 0.392 e. The van der Waals surface area contributed by atoms with Crippen LogP contribution in [0.15, 0.2) is 18.2 Å². The maximum absolute atomic E-state index is 13.0. The molecule has 1 aromatic rings. The highest BCUT2D eigenvalue weighted by molar-refractivity contribution is 5.52. The van der Waals surface area contributed by atoms with Crippen LogP contribution in [-0.4, -0.2) is 31.9 Å². The van der Waals surface area contributed by atoms with Crippen molar-refractivity contribution in [3.8, 4) is 6.07 Å². The first-order valence-corrected chi connectivity index (χ1v) is 6.35. The van der Waals surface area contributed by atoms with Gasteiger partial charge in [0.1, 0.15) is 0 Å². The Hall–Kier alpha value is -1.78. The summed E-state index contributed by atoms with van der Waals surface area (Å²) in [4.78, 5) is 1.66. The van der Waals surface area contributed by atoms with Crippen LogP contribution in [0.2, 0.25) is 0 Å². The minimum atomic E-state index is -4.53. The molecule has 0 aliphatic rings. The van der Waals surface area contributed by atoms with E-state index in [4.69, 9.17) is 15.1 Å². The van der Waals surface area contributed by atoms with Crippen molar-refractivity contribution in [1.29, 1.82) is 5.26 Å². The average molecular weight is 302 g/mol. The Morgan fingerprint density at radius 2 is 2.05 bits per heavy atom. The van der Waals surface area contributed by atoms with Gasteiger partial charge in [0, 0.05) is 25.9 Å². The van der Waals surface area contributed by atoms with Gasteiger partial charge >= 0.3 is 6.18 Å². The number of anilines is 1. The molecule has 0 aliphatic carbocycles. The summed E-state index contributed by atoms with van der Waals surface area (Å²) < 4.78 is 43.9. The van der Waals surface area contributed by atoms with Crippen molar-refractivity contribution in [3.05, 3.63) is 29.3 Å². The van der Waals surface area contributed by atoms with Gasteiger partial charge in [0.15, 0.2) is 0 Å². The molecule has 116 valence electrons. The summed E-state index contributed by atoms with van der Waals surface area (Å²) in [6.45, 7) is 0.365. The fourth-order valence-corrected chi connectivity index (χ4v) is 1.92. The van der Waals surface area contributed by atoms with E-state index in [1.165, 1.54) is 19.2 Å². The van der Waals surface area contributed by atoms with Crippen molar-refractivity contribution in [1.82, 2.24) is 0 Å². The third kappa shape index (κ3) is 4.92. The van der Waals surface area contributed by atoms with Crippen molar-refractivity contribution in [2.75, 3.05) is 31.7 Å². The normalized spacial score (nSPS) is 11.2. The third-order valence-electron chi connectivity index (χ3n) is 2.99. The number of benzene rings is 1. The van der Waals surface area contributed by atoms with Crippen molar-refractivity contribution in [2.24, 2.45) is 0 Å². The number of alkyl halides is 3. The number of methoxy groups -OCH3 is 1. The molecule has 1 aromatic carbocycles. The van der Waals surface area contributed by atoms with Crippen LogP contribution >= 0.6 is 0 Å². The molecule has 0 saturated heterocycles. The fraction of sp³-hybridized carbons (Fsp3) is 0.500. The number of nitrogens with zero attached hydrogens (tertiary/aromatic N) is 2. The molecule has 1 rings (SSSR count). The number of rotatable bonds is 7. The summed E-state index contributed by atoms with van der Waals surface area (Å²) in [6.07, 6.45) is -4.33. The fourth-order valence-electron chi connectivity index (χ4n) is 1.92. The second-order valence-electron chi connectivity index (χ2n) is 4.39. The second kappa shape index (κ2) is 7.86. The number of ether oxygens (including phenoxy) is 1. The van der Waals surface area contributed by atoms with Gasteiger partial charge in [0.25, 0.3) is 0 Å². The van der Waals surface area contributed by atoms with Crippen LogP contribution in [0.5, 0.6) is 0 Å². The van der Waals surface area contributed by atoms with Crippen molar-refractivity contribution in [3.63, 3.8) is 0 Å². The Morgan fingerprint density at radius 3 is 2.57 bits per heavy atom. The van der Waals surface area contributed by atoms with Gasteiger partial charge in [-0.3, -0.25) is 0 Å². The van der Waals surface area contributed by atoms with Crippen LogP contribution < -0.4 is 4.90 Å². The van der Waals surface area contributed by atoms with Crippen LogP contribution in [-0.2, 0) is 17.5 Å². The molecule has 0 fully saturated rings. The predicted molar refractivity (Wildman–Crippen MR) is 71.7 cm³/mol. The molecule has 0 aliphatic heterocycles. The summed E-state index contributed by atoms with van der Waals surface area (Å²) in [7, 11) is 1.50. The molecule has 0 heterocycles. The molecule has 7 heteroatoms. The minimum Gasteiger partial charge on any atom is -0.392 e. The van der Waals surface area contributed by atoms with E-state index in [9.17, 15) is 13.2 Å². The first-order valence-electron chi connectivity index (χ1n) is 6.35. The average Bonchev–Trinajstić information content (AvgIpc) is 2.46. The van der Waals surface area contributed by atoms with E-state index in [1.54, 1.807) is 4.90 Å². The van der Waals surface area contributed by atoms with E-state index in [0.29, 0.717) is 25.4 Å². The number of aliphatic hydroxyl groups excluding tert-OH is 1. The van der Waals surface area contributed by atoms with E-state index in [1.807, 2.05) is 6.07 Å². The topological polar surface area (TPSA) is 56.5 Å². The van der Waals surface area contributed by atoms with E-state index in [2.05, 4.69) is 0 Å². The monoisotopic (exact) mass is 302 g/mol. The Bertz CT molecular complexity index is 498. The quantitative estimate of drug-likeness (QED) is 0.841. The summed E-state index contributed by atoms with van der Waals surface area (Å²) in [6, 6.07) is 5.73. The molecule has 0 bridgehead atoms. The number of hydrogen-bond acceptors (Lipinski definition) is 4. The molecule has 0 spiro atoms. The lowest BCUT2D eigenvalue weighted by atomic mass is 10.1. The maximum atomic E-state index is 13.0. The second-order valence-corrected chi connectivity index (χ2v) is 4.39. The summed E-state index contributed by atoms with van der Waals surface area (Å²) in [5.74, 6) is 0. The van der Waals surface area contributed by atoms with Gasteiger partial charge in [-0.15, -0.1) is 0 Å². The summed E-state index contributed by atoms with van der Waals surface area (Å²) in [5.41, 5.74) is -0.674. The SMILES string of the molecule is COCCN(CCC#N)c1ccc(CO)c(C(F)(F)F)c1. The van der Waals surface area contributed by atoms with Gasteiger partial charge in [-0.25, -0.2) is 0 Å². The van der Waals surface area contributed by atoms with Crippen molar-refractivity contribution >= 4 is 5.69 Å². The lowest BCUT2D eigenvalue weighted by molar-refractivity contribution is -0.138. The lowest BCUT2D eigenvalue weighted by Gasteiger charge is -2.25. The van der Waals surface area contributed by atoms with Crippen LogP contribution in [0.4, 0.5) is 18.9 Å². The van der Waals surface area contributed by atoms with E-state index in [0.717, 1.165) is 6.07 Å². The highest BCUT2D eigenvalue weighted by Crippen LogP contribution is 2.34. The van der Waals surface area contributed by atoms with Gasteiger partial charge in [0.2, 0.25) is 0 Å². The molecule has 0 amide bonds. The first kappa shape index (κ1) is 17.3. The zero-order chi connectivity index (χ0) is 15.9. The molecule has 0 radical (unpaired) electrons. The number of halogens is 3. The molecule has 0 unspecified atom stereocenters. The molecule has 0 atom stereocenters. The third-order valence-corrected chi connectivity index (χ3v) is 2.99. The largest absolute Gasteiger partial charge is 0.416 e. The van der Waals surface area contributed by atoms with E-state index >= 15 is 0 Å². The summed E-state index contributed by atoms with van der Waals surface area (Å²) >= 11 is 0. The van der Waals surface area contributed by atoms with Gasteiger partial charge in [-0.1, -0.05) is 6.07 Å². The van der Waals surface area contributed by atoms with Gasteiger partial charge < -0.3 is 14.7 Å². The van der Waals surface area contributed by atoms with Gasteiger partial charge in [-0.2, -0.15) is 18.4 Å². The Labute approximate surface area is 121 Å². The molecular weight excluding hydrogens is 285 g/mol. The van der Waals surface area contributed by atoms with Crippen LogP contribution in [0.1, 0.15) is 17.5 Å². The zero-order valence-corrected chi connectivity index (χ0v) is 11.7. The number of hydrogen-bond donors (Lipinski definition) is 1. The molecule has 4 nitrogen and oxygen atoms in total. The maximum Gasteiger partial charge on any atom is 0.416 e. The van der Waals surface area contributed by atoms with Crippen LogP contribution in [0.25, 0.3) is 0 Å². The van der Waals surface area contributed by atoms with Crippen molar-refractivity contribution in [2.45, 2.75) is 19.2 Å². The Kier molecular flexibility index (Phi) is 6.46. The van der Waals surface area contributed by atoms with Gasteiger partial charge in [0.05, 0.1) is 31.3 Å². The highest BCUT2D eigenvalue weighted by Gasteiger charge is 2.33. The highest BCUT2D eigenvalue weighted by atomic mass is 19.4. The zero-order valence-electron chi connectivity index (χ0n) is 11.7.